The van der Waals surface area contributed by atoms with Crippen molar-refractivity contribution in [3.8, 4) is 0 Å². The standard InChI is InChI=1S/C13H12F3NO/c1-8(2)9-3-4-17-11(5-9)6-10(7-12(17)18)13(14,15)16/h3-8H,1-2H3. The summed E-state index contributed by atoms with van der Waals surface area (Å²) >= 11 is 0. The molecule has 0 saturated heterocycles. The average molecular weight is 255 g/mol. The maximum atomic E-state index is 12.6. The predicted molar refractivity (Wildman–Crippen MR) is 62.8 cm³/mol. The molecular formula is C13H12F3NO. The first-order valence-electron chi connectivity index (χ1n) is 5.52. The lowest BCUT2D eigenvalue weighted by molar-refractivity contribution is -0.137. The zero-order valence-corrected chi connectivity index (χ0v) is 9.95. The van der Waals surface area contributed by atoms with Gasteiger partial charge >= 0.3 is 6.18 Å². The molecule has 2 rings (SSSR count). The Morgan fingerprint density at radius 2 is 1.83 bits per heavy atom. The number of aromatic nitrogens is 1. The zero-order valence-electron chi connectivity index (χ0n) is 9.95. The monoisotopic (exact) mass is 255 g/mol. The molecule has 0 aliphatic rings. The lowest BCUT2D eigenvalue weighted by Gasteiger charge is -2.10. The fraction of sp³-hybridized carbons (Fsp3) is 0.308. The van der Waals surface area contributed by atoms with Gasteiger partial charge in [0.15, 0.2) is 0 Å². The molecule has 96 valence electrons. The minimum absolute atomic E-state index is 0.194. The Balaban J connectivity index is 2.73. The van der Waals surface area contributed by atoms with Crippen LogP contribution in [0.4, 0.5) is 13.2 Å². The quantitative estimate of drug-likeness (QED) is 0.764. The molecule has 18 heavy (non-hydrogen) atoms. The van der Waals surface area contributed by atoms with Crippen LogP contribution in [0.3, 0.4) is 0 Å². The van der Waals surface area contributed by atoms with Crippen molar-refractivity contribution in [3.05, 3.63) is 51.9 Å². The molecule has 0 aromatic carbocycles. The first-order valence-corrected chi connectivity index (χ1v) is 5.52. The Labute approximate surface area is 102 Å². The van der Waals surface area contributed by atoms with Gasteiger partial charge in [-0.2, -0.15) is 13.2 Å². The summed E-state index contributed by atoms with van der Waals surface area (Å²) in [5, 5.41) is 0. The summed E-state index contributed by atoms with van der Waals surface area (Å²) in [7, 11) is 0. The normalized spacial score (nSPS) is 12.3. The molecule has 0 atom stereocenters. The van der Waals surface area contributed by atoms with Gasteiger partial charge < -0.3 is 0 Å². The van der Waals surface area contributed by atoms with Gasteiger partial charge in [0.1, 0.15) is 0 Å². The summed E-state index contributed by atoms with van der Waals surface area (Å²) < 4.78 is 39.0. The van der Waals surface area contributed by atoms with E-state index in [2.05, 4.69) is 0 Å². The molecule has 0 radical (unpaired) electrons. The summed E-state index contributed by atoms with van der Waals surface area (Å²) in [6, 6.07) is 4.96. The zero-order chi connectivity index (χ0) is 13.5. The van der Waals surface area contributed by atoms with Gasteiger partial charge in [-0.25, -0.2) is 0 Å². The number of pyridine rings is 2. The molecule has 2 aromatic heterocycles. The molecule has 0 fully saturated rings. The van der Waals surface area contributed by atoms with E-state index in [1.165, 1.54) is 10.6 Å². The van der Waals surface area contributed by atoms with Crippen LogP contribution in [0.25, 0.3) is 5.52 Å². The van der Waals surface area contributed by atoms with Crippen LogP contribution in [-0.4, -0.2) is 4.40 Å². The molecule has 0 bridgehead atoms. The number of hydrogen-bond acceptors (Lipinski definition) is 1. The predicted octanol–water partition coefficient (Wildman–Crippen LogP) is 3.44. The van der Waals surface area contributed by atoms with Crippen molar-refractivity contribution in [2.24, 2.45) is 0 Å². The fourth-order valence-electron chi connectivity index (χ4n) is 1.77. The third-order valence-electron chi connectivity index (χ3n) is 2.82. The molecule has 0 aliphatic heterocycles. The first kappa shape index (κ1) is 12.7. The Morgan fingerprint density at radius 3 is 2.39 bits per heavy atom. The summed E-state index contributed by atoms with van der Waals surface area (Å²) in [4.78, 5) is 11.6. The number of rotatable bonds is 1. The van der Waals surface area contributed by atoms with Gasteiger partial charge in [0.2, 0.25) is 0 Å². The van der Waals surface area contributed by atoms with Crippen LogP contribution < -0.4 is 5.56 Å². The van der Waals surface area contributed by atoms with Gasteiger partial charge in [0, 0.05) is 17.8 Å². The van der Waals surface area contributed by atoms with Crippen LogP contribution in [-0.2, 0) is 6.18 Å². The summed E-state index contributed by atoms with van der Waals surface area (Å²) in [5.41, 5.74) is -0.418. The molecule has 5 heteroatoms. The Hall–Kier alpha value is -1.78. The summed E-state index contributed by atoms with van der Waals surface area (Å²) in [6.07, 6.45) is -2.99. The van der Waals surface area contributed by atoms with Crippen molar-refractivity contribution in [2.75, 3.05) is 0 Å². The van der Waals surface area contributed by atoms with E-state index in [0.717, 1.165) is 11.6 Å². The van der Waals surface area contributed by atoms with E-state index in [-0.39, 0.29) is 11.4 Å². The van der Waals surface area contributed by atoms with Crippen LogP contribution in [0.15, 0.2) is 35.3 Å². The number of hydrogen-bond donors (Lipinski definition) is 0. The lowest BCUT2D eigenvalue weighted by Crippen LogP contribution is -2.17. The molecule has 0 aliphatic carbocycles. The van der Waals surface area contributed by atoms with Crippen LogP contribution in [0, 0.1) is 0 Å². The van der Waals surface area contributed by atoms with Crippen molar-refractivity contribution in [1.82, 2.24) is 4.40 Å². The fourth-order valence-corrected chi connectivity index (χ4v) is 1.77. The molecule has 0 amide bonds. The smallest absolute Gasteiger partial charge is 0.284 e. The SMILES string of the molecule is CC(C)c1ccn2c(=O)cc(C(F)(F)F)cc2c1. The topological polar surface area (TPSA) is 21.5 Å². The van der Waals surface area contributed by atoms with Crippen LogP contribution in [0.1, 0.15) is 30.9 Å². The summed E-state index contributed by atoms with van der Waals surface area (Å²) in [5.74, 6) is 0.194. The average Bonchev–Trinajstić information content (AvgIpc) is 2.26. The Bertz CT molecular complexity index is 641. The van der Waals surface area contributed by atoms with Crippen LogP contribution >= 0.6 is 0 Å². The molecule has 2 nitrogen and oxygen atoms in total. The Morgan fingerprint density at radius 1 is 1.17 bits per heavy atom. The van der Waals surface area contributed by atoms with Gasteiger partial charge in [0.25, 0.3) is 5.56 Å². The van der Waals surface area contributed by atoms with E-state index in [0.29, 0.717) is 6.07 Å². The van der Waals surface area contributed by atoms with E-state index in [4.69, 9.17) is 0 Å². The van der Waals surface area contributed by atoms with Crippen LogP contribution in [0.2, 0.25) is 0 Å². The van der Waals surface area contributed by atoms with E-state index in [1.54, 1.807) is 12.1 Å². The van der Waals surface area contributed by atoms with E-state index < -0.39 is 17.3 Å². The second-order valence-corrected chi connectivity index (χ2v) is 4.49. The number of nitrogens with zero attached hydrogens (tertiary/aromatic N) is 1. The highest BCUT2D eigenvalue weighted by atomic mass is 19.4. The Kier molecular flexibility index (Phi) is 2.92. The minimum atomic E-state index is -4.50. The lowest BCUT2D eigenvalue weighted by atomic mass is 10.0. The largest absolute Gasteiger partial charge is 0.416 e. The molecule has 0 unspecified atom stereocenters. The van der Waals surface area contributed by atoms with Crippen molar-refractivity contribution >= 4 is 5.52 Å². The van der Waals surface area contributed by atoms with E-state index >= 15 is 0 Å². The second-order valence-electron chi connectivity index (χ2n) is 4.49. The minimum Gasteiger partial charge on any atom is -0.284 e. The first-order chi connectivity index (χ1) is 8.29. The van der Waals surface area contributed by atoms with Gasteiger partial charge in [-0.1, -0.05) is 13.8 Å². The molecule has 0 spiro atoms. The van der Waals surface area contributed by atoms with E-state index in [1.807, 2.05) is 13.8 Å². The van der Waals surface area contributed by atoms with Crippen molar-refractivity contribution < 1.29 is 13.2 Å². The van der Waals surface area contributed by atoms with Crippen molar-refractivity contribution in [3.63, 3.8) is 0 Å². The molecule has 0 saturated carbocycles. The highest BCUT2D eigenvalue weighted by molar-refractivity contribution is 5.51. The maximum Gasteiger partial charge on any atom is 0.416 e. The van der Waals surface area contributed by atoms with Gasteiger partial charge in [-0.3, -0.25) is 9.20 Å². The highest BCUT2D eigenvalue weighted by Crippen LogP contribution is 2.29. The maximum absolute atomic E-state index is 12.6. The van der Waals surface area contributed by atoms with Gasteiger partial charge in [0.05, 0.1) is 5.56 Å². The van der Waals surface area contributed by atoms with Gasteiger partial charge in [-0.05, 0) is 29.7 Å². The molecule has 2 heterocycles. The number of alkyl halides is 3. The third-order valence-corrected chi connectivity index (χ3v) is 2.82. The van der Waals surface area contributed by atoms with Crippen molar-refractivity contribution in [1.29, 1.82) is 0 Å². The van der Waals surface area contributed by atoms with E-state index in [9.17, 15) is 18.0 Å². The van der Waals surface area contributed by atoms with Gasteiger partial charge in [-0.15, -0.1) is 0 Å². The molecule has 0 N–H and O–H groups in total. The number of halogens is 3. The van der Waals surface area contributed by atoms with Crippen LogP contribution in [0.5, 0.6) is 0 Å². The molecule has 2 aromatic rings. The summed E-state index contributed by atoms with van der Waals surface area (Å²) in [6.45, 7) is 3.88. The highest BCUT2D eigenvalue weighted by Gasteiger charge is 2.31. The van der Waals surface area contributed by atoms with Crippen molar-refractivity contribution in [2.45, 2.75) is 25.9 Å². The third kappa shape index (κ3) is 2.25. The number of fused-ring (bicyclic) bond motifs is 1. The molecular weight excluding hydrogens is 243 g/mol. The second kappa shape index (κ2) is 4.15.